The van der Waals surface area contributed by atoms with Gasteiger partial charge in [-0.15, -0.1) is 0 Å². The molecule has 138 valence electrons. The first-order chi connectivity index (χ1) is 12.0. The highest BCUT2D eigenvalue weighted by molar-refractivity contribution is 5.77. The maximum atomic E-state index is 4.97. The third kappa shape index (κ3) is 4.09. The number of hydrogen-bond donors (Lipinski definition) is 1. The lowest BCUT2D eigenvalue weighted by Gasteiger charge is -2.34. The van der Waals surface area contributed by atoms with Crippen molar-refractivity contribution in [2.75, 3.05) is 5.32 Å². The third-order valence-corrected chi connectivity index (χ3v) is 4.50. The molecule has 3 heteroatoms. The Labute approximate surface area is 157 Å². The van der Waals surface area contributed by atoms with Crippen LogP contribution in [0.25, 0.3) is 16.9 Å². The van der Waals surface area contributed by atoms with Crippen LogP contribution in [0.5, 0.6) is 0 Å². The molecule has 0 bridgehead atoms. The van der Waals surface area contributed by atoms with Crippen molar-refractivity contribution in [3.63, 3.8) is 0 Å². The number of pyridine rings is 1. The summed E-state index contributed by atoms with van der Waals surface area (Å²) in [5, 5.41) is 3.80. The lowest BCUT2D eigenvalue weighted by Crippen LogP contribution is -2.36. The molecule has 0 saturated heterocycles. The van der Waals surface area contributed by atoms with Gasteiger partial charge in [-0.05, 0) is 63.3 Å². The van der Waals surface area contributed by atoms with Crippen LogP contribution in [0, 0.1) is 19.3 Å². The number of rotatable bonds is 4. The second-order valence-electron chi connectivity index (χ2n) is 9.36. The maximum Gasteiger partial charge on any atom is 0.139 e. The van der Waals surface area contributed by atoms with Crippen molar-refractivity contribution in [2.24, 2.45) is 5.41 Å². The molecule has 0 atom stereocenters. The van der Waals surface area contributed by atoms with Gasteiger partial charge in [-0.2, -0.15) is 0 Å². The number of aryl methyl sites for hydroxylation is 2. The summed E-state index contributed by atoms with van der Waals surface area (Å²) in [6.07, 6.45) is 3.18. The number of fused-ring (bicyclic) bond motifs is 1. The van der Waals surface area contributed by atoms with Crippen molar-refractivity contribution in [3.8, 4) is 11.3 Å². The zero-order valence-electron chi connectivity index (χ0n) is 17.1. The fourth-order valence-corrected chi connectivity index (χ4v) is 3.95. The topological polar surface area (TPSA) is 29.3 Å². The first kappa shape index (κ1) is 18.5. The van der Waals surface area contributed by atoms with Crippen LogP contribution in [-0.4, -0.2) is 14.9 Å². The number of hydrogen-bond acceptors (Lipinski definition) is 2. The van der Waals surface area contributed by atoms with Gasteiger partial charge in [0.25, 0.3) is 0 Å². The van der Waals surface area contributed by atoms with Gasteiger partial charge in [-0.3, -0.25) is 4.40 Å². The second kappa shape index (κ2) is 6.46. The summed E-state index contributed by atoms with van der Waals surface area (Å²) >= 11 is 0. The van der Waals surface area contributed by atoms with Crippen LogP contribution >= 0.6 is 0 Å². The largest absolute Gasteiger partial charge is 0.364 e. The molecule has 0 unspecified atom stereocenters. The monoisotopic (exact) mass is 349 g/mol. The van der Waals surface area contributed by atoms with E-state index in [1.807, 2.05) is 0 Å². The van der Waals surface area contributed by atoms with Gasteiger partial charge in [0.05, 0.1) is 0 Å². The summed E-state index contributed by atoms with van der Waals surface area (Å²) in [5.74, 6) is 1.07. The number of nitrogens with zero attached hydrogens (tertiary/aromatic N) is 2. The number of anilines is 1. The number of aromatic nitrogens is 2. The predicted molar refractivity (Wildman–Crippen MR) is 112 cm³/mol. The van der Waals surface area contributed by atoms with E-state index in [-0.39, 0.29) is 11.0 Å². The van der Waals surface area contributed by atoms with Gasteiger partial charge in [0, 0.05) is 17.3 Å². The molecule has 0 aliphatic heterocycles. The zero-order valence-corrected chi connectivity index (χ0v) is 17.1. The van der Waals surface area contributed by atoms with Crippen LogP contribution in [0.15, 0.2) is 42.6 Å². The summed E-state index contributed by atoms with van der Waals surface area (Å²) in [5.41, 5.74) is 5.82. The molecular formula is C23H31N3. The Hall–Kier alpha value is -2.29. The Balaban J connectivity index is 2.14. The molecule has 1 aromatic carbocycles. The van der Waals surface area contributed by atoms with Gasteiger partial charge in [0.1, 0.15) is 17.2 Å². The molecule has 0 saturated carbocycles. The van der Waals surface area contributed by atoms with Crippen LogP contribution in [0.4, 0.5) is 5.82 Å². The van der Waals surface area contributed by atoms with Gasteiger partial charge in [-0.1, -0.05) is 44.5 Å². The first-order valence-corrected chi connectivity index (χ1v) is 9.38. The van der Waals surface area contributed by atoms with Crippen LogP contribution in [0.3, 0.4) is 0 Å². The number of benzene rings is 1. The Bertz CT molecular complexity index is 926. The Morgan fingerprint density at radius 3 is 2.31 bits per heavy atom. The molecule has 0 amide bonds. The Kier molecular flexibility index (Phi) is 4.60. The minimum absolute atomic E-state index is 0.0440. The highest BCUT2D eigenvalue weighted by Gasteiger charge is 2.28. The van der Waals surface area contributed by atoms with Gasteiger partial charge in [0.15, 0.2) is 0 Å². The SMILES string of the molecule is Cc1cccc(-c2nc3cc(C)ccn3c2NC(C)(C)CC(C)(C)C)c1. The van der Waals surface area contributed by atoms with Gasteiger partial charge in [0.2, 0.25) is 0 Å². The van der Waals surface area contributed by atoms with Crippen molar-refractivity contribution >= 4 is 11.5 Å². The number of nitrogens with one attached hydrogen (secondary N) is 1. The van der Waals surface area contributed by atoms with E-state index in [0.29, 0.717) is 0 Å². The summed E-state index contributed by atoms with van der Waals surface area (Å²) in [4.78, 5) is 4.97. The molecule has 0 radical (unpaired) electrons. The van der Waals surface area contributed by atoms with E-state index >= 15 is 0 Å². The fourth-order valence-electron chi connectivity index (χ4n) is 3.95. The van der Waals surface area contributed by atoms with Crippen LogP contribution in [-0.2, 0) is 0 Å². The maximum absolute atomic E-state index is 4.97. The average molecular weight is 350 g/mol. The standard InChI is InChI=1S/C23H31N3/c1-16-9-8-10-18(13-16)20-21(25-23(6,7)15-22(3,4)5)26-12-11-17(2)14-19(26)24-20/h8-14,25H,15H2,1-7H3. The lowest BCUT2D eigenvalue weighted by atomic mass is 9.82. The molecular weight excluding hydrogens is 318 g/mol. The van der Waals surface area contributed by atoms with E-state index in [1.54, 1.807) is 0 Å². The molecule has 2 heterocycles. The Morgan fingerprint density at radius 2 is 1.65 bits per heavy atom. The van der Waals surface area contributed by atoms with Crippen molar-refractivity contribution < 1.29 is 0 Å². The van der Waals surface area contributed by atoms with Gasteiger partial charge >= 0.3 is 0 Å². The molecule has 0 aliphatic rings. The summed E-state index contributed by atoms with van der Waals surface area (Å²) in [6, 6.07) is 12.8. The van der Waals surface area contributed by atoms with Crippen LogP contribution in [0.1, 0.15) is 52.2 Å². The smallest absolute Gasteiger partial charge is 0.139 e. The van der Waals surface area contributed by atoms with Crippen LogP contribution < -0.4 is 5.32 Å². The van der Waals surface area contributed by atoms with Gasteiger partial charge in [-0.25, -0.2) is 4.98 Å². The summed E-state index contributed by atoms with van der Waals surface area (Å²) in [6.45, 7) is 15.6. The predicted octanol–water partition coefficient (Wildman–Crippen LogP) is 6.24. The Morgan fingerprint density at radius 1 is 0.962 bits per heavy atom. The summed E-state index contributed by atoms with van der Waals surface area (Å²) < 4.78 is 2.18. The highest BCUT2D eigenvalue weighted by Crippen LogP contribution is 2.35. The molecule has 2 aromatic heterocycles. The van der Waals surface area contributed by atoms with E-state index in [1.165, 1.54) is 11.1 Å². The van der Waals surface area contributed by atoms with Crippen molar-refractivity contribution in [2.45, 2.75) is 60.4 Å². The second-order valence-corrected chi connectivity index (χ2v) is 9.36. The lowest BCUT2D eigenvalue weighted by molar-refractivity contribution is 0.302. The zero-order chi connectivity index (χ0) is 19.1. The van der Waals surface area contributed by atoms with Crippen molar-refractivity contribution in [1.29, 1.82) is 0 Å². The average Bonchev–Trinajstić information content (AvgIpc) is 2.81. The minimum atomic E-state index is -0.0440. The van der Waals surface area contributed by atoms with E-state index in [2.05, 4.69) is 101 Å². The molecule has 3 nitrogen and oxygen atoms in total. The normalized spacial score (nSPS) is 12.6. The van der Waals surface area contributed by atoms with Crippen molar-refractivity contribution in [1.82, 2.24) is 9.38 Å². The molecule has 0 spiro atoms. The molecule has 3 aromatic rings. The quantitative estimate of drug-likeness (QED) is 0.603. The van der Waals surface area contributed by atoms with Gasteiger partial charge < -0.3 is 5.32 Å². The molecule has 1 N–H and O–H groups in total. The molecule has 0 aliphatic carbocycles. The number of imidazole rings is 1. The molecule has 0 fully saturated rings. The van der Waals surface area contributed by atoms with E-state index in [9.17, 15) is 0 Å². The highest BCUT2D eigenvalue weighted by atomic mass is 15.2. The van der Waals surface area contributed by atoms with E-state index in [4.69, 9.17) is 4.98 Å². The summed E-state index contributed by atoms with van der Waals surface area (Å²) in [7, 11) is 0. The minimum Gasteiger partial charge on any atom is -0.364 e. The molecule has 3 rings (SSSR count). The van der Waals surface area contributed by atoms with E-state index in [0.717, 1.165) is 29.1 Å². The molecule has 26 heavy (non-hydrogen) atoms. The third-order valence-electron chi connectivity index (χ3n) is 4.50. The van der Waals surface area contributed by atoms with E-state index < -0.39 is 0 Å². The van der Waals surface area contributed by atoms with Crippen molar-refractivity contribution in [3.05, 3.63) is 53.7 Å². The van der Waals surface area contributed by atoms with Crippen LogP contribution in [0.2, 0.25) is 0 Å². The first-order valence-electron chi connectivity index (χ1n) is 9.38. The fraction of sp³-hybridized carbons (Fsp3) is 0.435.